The second kappa shape index (κ2) is 5.57. The Morgan fingerprint density at radius 1 is 1.18 bits per heavy atom. The van der Waals surface area contributed by atoms with Gasteiger partial charge in [0.1, 0.15) is 17.4 Å². The Balaban J connectivity index is 2.42. The summed E-state index contributed by atoms with van der Waals surface area (Å²) in [4.78, 5) is 9.22. The molecule has 1 unspecified atom stereocenters. The van der Waals surface area contributed by atoms with E-state index < -0.39 is 0 Å². The Labute approximate surface area is 130 Å². The summed E-state index contributed by atoms with van der Waals surface area (Å²) >= 11 is 0. The molecule has 0 radical (unpaired) electrons. The quantitative estimate of drug-likeness (QED) is 0.800. The molecule has 0 spiro atoms. The first kappa shape index (κ1) is 14.8. The first-order valence-electron chi connectivity index (χ1n) is 7.60. The number of pyridine rings is 1. The van der Waals surface area contributed by atoms with Gasteiger partial charge in [-0.15, -0.1) is 0 Å². The number of methoxy groups -OCH3 is 1. The summed E-state index contributed by atoms with van der Waals surface area (Å²) in [6.45, 7) is 7.26. The second-order valence-electron chi connectivity index (χ2n) is 6.06. The number of para-hydroxylation sites is 1. The maximum atomic E-state index is 6.15. The van der Waals surface area contributed by atoms with E-state index in [2.05, 4.69) is 29.5 Å². The Hall–Kier alpha value is -2.14. The van der Waals surface area contributed by atoms with E-state index in [-0.39, 0.29) is 6.10 Å². The van der Waals surface area contributed by atoms with E-state index in [0.29, 0.717) is 11.7 Å². The monoisotopic (exact) mass is 298 g/mol. The molecule has 0 bridgehead atoms. The summed E-state index contributed by atoms with van der Waals surface area (Å²) in [5.41, 5.74) is 8.86. The van der Waals surface area contributed by atoms with Crippen LogP contribution in [0.1, 0.15) is 32.7 Å². The van der Waals surface area contributed by atoms with Crippen LogP contribution in [0.4, 0.5) is 5.82 Å². The van der Waals surface area contributed by atoms with Crippen molar-refractivity contribution in [1.29, 1.82) is 0 Å². The third-order valence-corrected chi connectivity index (χ3v) is 3.90. The Morgan fingerprint density at radius 2 is 1.91 bits per heavy atom. The number of rotatable bonds is 4. The number of nitrogen functional groups attached to an aromatic ring is 1. The van der Waals surface area contributed by atoms with Crippen molar-refractivity contribution < 1.29 is 4.74 Å². The van der Waals surface area contributed by atoms with Gasteiger partial charge in [-0.05, 0) is 18.9 Å². The first-order valence-corrected chi connectivity index (χ1v) is 7.60. The van der Waals surface area contributed by atoms with Gasteiger partial charge in [0.25, 0.3) is 0 Å². The van der Waals surface area contributed by atoms with Crippen molar-refractivity contribution in [3.05, 3.63) is 30.1 Å². The molecule has 1 atom stereocenters. The number of imidazole rings is 1. The maximum Gasteiger partial charge on any atom is 0.152 e. The summed E-state index contributed by atoms with van der Waals surface area (Å²) in [6, 6.07) is 8.05. The van der Waals surface area contributed by atoms with E-state index >= 15 is 0 Å². The van der Waals surface area contributed by atoms with Gasteiger partial charge in [-0.2, -0.15) is 0 Å². The van der Waals surface area contributed by atoms with E-state index in [9.17, 15) is 0 Å². The number of nitrogens with zero attached hydrogens (tertiary/aromatic N) is 3. The second-order valence-corrected chi connectivity index (χ2v) is 6.06. The standard InChI is InChI=1S/C17H22N4O/c1-10(2)9-21-15-12-7-5-6-8-13(12)19-16(18)14(15)20-17(21)11(3)22-4/h5-8,10-11H,9H2,1-4H3,(H2,18,19). The number of anilines is 1. The van der Waals surface area contributed by atoms with Crippen LogP contribution in [0.5, 0.6) is 0 Å². The van der Waals surface area contributed by atoms with Gasteiger partial charge in [0.2, 0.25) is 0 Å². The van der Waals surface area contributed by atoms with Gasteiger partial charge in [0, 0.05) is 19.0 Å². The van der Waals surface area contributed by atoms with Crippen molar-refractivity contribution >= 4 is 27.8 Å². The third-order valence-electron chi connectivity index (χ3n) is 3.90. The SMILES string of the molecule is COC(C)c1nc2c(N)nc3ccccc3c2n1CC(C)C. The van der Waals surface area contributed by atoms with Crippen molar-refractivity contribution in [1.82, 2.24) is 14.5 Å². The van der Waals surface area contributed by atoms with Crippen molar-refractivity contribution in [2.24, 2.45) is 5.92 Å². The van der Waals surface area contributed by atoms with Gasteiger partial charge in [0.15, 0.2) is 5.82 Å². The van der Waals surface area contributed by atoms with Crippen molar-refractivity contribution in [2.45, 2.75) is 33.4 Å². The summed E-state index contributed by atoms with van der Waals surface area (Å²) < 4.78 is 7.73. The molecule has 3 rings (SSSR count). The topological polar surface area (TPSA) is 66.0 Å². The van der Waals surface area contributed by atoms with E-state index in [1.165, 1.54) is 0 Å². The molecule has 0 saturated heterocycles. The number of fused-ring (bicyclic) bond motifs is 3. The number of ether oxygens (including phenoxy) is 1. The smallest absolute Gasteiger partial charge is 0.152 e. The zero-order valence-electron chi connectivity index (χ0n) is 13.5. The van der Waals surface area contributed by atoms with Crippen LogP contribution in [-0.2, 0) is 11.3 Å². The number of nitrogens with two attached hydrogens (primary N) is 1. The molecule has 5 nitrogen and oxygen atoms in total. The van der Waals surface area contributed by atoms with E-state index in [0.717, 1.165) is 34.3 Å². The lowest BCUT2D eigenvalue weighted by molar-refractivity contribution is 0.108. The van der Waals surface area contributed by atoms with Gasteiger partial charge in [0.05, 0.1) is 11.0 Å². The lowest BCUT2D eigenvalue weighted by atomic mass is 10.1. The van der Waals surface area contributed by atoms with Crippen molar-refractivity contribution in [3.8, 4) is 0 Å². The van der Waals surface area contributed by atoms with Crippen LogP contribution in [0.15, 0.2) is 24.3 Å². The number of hydrogen-bond acceptors (Lipinski definition) is 4. The Kier molecular flexibility index (Phi) is 3.74. The molecule has 22 heavy (non-hydrogen) atoms. The zero-order valence-corrected chi connectivity index (χ0v) is 13.5. The van der Waals surface area contributed by atoms with Gasteiger partial charge < -0.3 is 15.0 Å². The first-order chi connectivity index (χ1) is 10.5. The highest BCUT2D eigenvalue weighted by molar-refractivity contribution is 6.06. The van der Waals surface area contributed by atoms with Crippen molar-refractivity contribution in [2.75, 3.05) is 12.8 Å². The molecule has 0 amide bonds. The van der Waals surface area contributed by atoms with Crippen LogP contribution >= 0.6 is 0 Å². The van der Waals surface area contributed by atoms with E-state index in [1.54, 1.807) is 7.11 Å². The summed E-state index contributed by atoms with van der Waals surface area (Å²) in [6.07, 6.45) is -0.0932. The normalized spacial score (nSPS) is 13.3. The minimum absolute atomic E-state index is 0.0932. The minimum atomic E-state index is -0.0932. The summed E-state index contributed by atoms with van der Waals surface area (Å²) in [5.74, 6) is 1.87. The van der Waals surface area contributed by atoms with Crippen LogP contribution in [0.2, 0.25) is 0 Å². The maximum absolute atomic E-state index is 6.15. The molecule has 5 heteroatoms. The molecular formula is C17H22N4O. The number of benzene rings is 1. The molecular weight excluding hydrogens is 276 g/mol. The Morgan fingerprint density at radius 3 is 2.59 bits per heavy atom. The highest BCUT2D eigenvalue weighted by atomic mass is 16.5. The van der Waals surface area contributed by atoms with Crippen LogP contribution in [0.25, 0.3) is 21.9 Å². The predicted octanol–water partition coefficient (Wildman–Crippen LogP) is 3.53. The molecule has 1 aromatic carbocycles. The highest BCUT2D eigenvalue weighted by Crippen LogP contribution is 2.31. The van der Waals surface area contributed by atoms with Gasteiger partial charge >= 0.3 is 0 Å². The largest absolute Gasteiger partial charge is 0.382 e. The fourth-order valence-electron chi connectivity index (χ4n) is 2.84. The molecule has 0 aliphatic rings. The average Bonchev–Trinajstić information content (AvgIpc) is 2.86. The fraction of sp³-hybridized carbons (Fsp3) is 0.412. The number of hydrogen-bond donors (Lipinski definition) is 1. The highest BCUT2D eigenvalue weighted by Gasteiger charge is 2.21. The van der Waals surface area contributed by atoms with Gasteiger partial charge in [-0.3, -0.25) is 0 Å². The average molecular weight is 298 g/mol. The van der Waals surface area contributed by atoms with Crippen molar-refractivity contribution in [3.63, 3.8) is 0 Å². The third kappa shape index (κ3) is 2.31. The molecule has 2 N–H and O–H groups in total. The van der Waals surface area contributed by atoms with Crippen LogP contribution < -0.4 is 5.73 Å². The van der Waals surface area contributed by atoms with Crippen LogP contribution in [0.3, 0.4) is 0 Å². The summed E-state index contributed by atoms with van der Waals surface area (Å²) in [5, 5.41) is 1.08. The molecule has 0 saturated carbocycles. The van der Waals surface area contributed by atoms with Crippen LogP contribution in [0, 0.1) is 5.92 Å². The molecule has 0 aliphatic heterocycles. The molecule has 116 valence electrons. The molecule has 2 aromatic heterocycles. The molecule has 3 aromatic rings. The fourth-order valence-corrected chi connectivity index (χ4v) is 2.84. The van der Waals surface area contributed by atoms with Gasteiger partial charge in [-0.25, -0.2) is 9.97 Å². The molecule has 2 heterocycles. The lowest BCUT2D eigenvalue weighted by Crippen LogP contribution is -2.12. The van der Waals surface area contributed by atoms with Crippen LogP contribution in [-0.4, -0.2) is 21.6 Å². The summed E-state index contributed by atoms with van der Waals surface area (Å²) in [7, 11) is 1.70. The van der Waals surface area contributed by atoms with E-state index in [1.807, 2.05) is 25.1 Å². The molecule has 0 aliphatic carbocycles. The lowest BCUT2D eigenvalue weighted by Gasteiger charge is -2.16. The Bertz CT molecular complexity index is 822. The van der Waals surface area contributed by atoms with Gasteiger partial charge in [-0.1, -0.05) is 32.0 Å². The predicted molar refractivity (Wildman–Crippen MR) is 89.7 cm³/mol. The zero-order chi connectivity index (χ0) is 15.9. The minimum Gasteiger partial charge on any atom is -0.382 e. The number of aromatic nitrogens is 3. The van der Waals surface area contributed by atoms with E-state index in [4.69, 9.17) is 15.5 Å². The molecule has 0 fully saturated rings.